The molecule has 1 aromatic heterocycles. The van der Waals surface area contributed by atoms with E-state index >= 15 is 0 Å². The van der Waals surface area contributed by atoms with Crippen molar-refractivity contribution < 1.29 is 9.47 Å². The van der Waals surface area contributed by atoms with Crippen molar-refractivity contribution in [3.63, 3.8) is 0 Å². The minimum absolute atomic E-state index is 0.224. The number of ether oxygens (including phenoxy) is 2. The number of nitrogens with zero attached hydrogens (tertiary/aromatic N) is 2. The summed E-state index contributed by atoms with van der Waals surface area (Å²) < 4.78 is 12.8. The Bertz CT molecular complexity index is 1610. The first-order valence-electron chi connectivity index (χ1n) is 11.7. The summed E-state index contributed by atoms with van der Waals surface area (Å²) in [6.07, 6.45) is 0. The Morgan fingerprint density at radius 1 is 0.865 bits per heavy atom. The maximum absolute atomic E-state index is 13.8. The van der Waals surface area contributed by atoms with Crippen LogP contribution in [0.5, 0.6) is 17.2 Å². The Labute approximate surface area is 219 Å². The van der Waals surface area contributed by atoms with Gasteiger partial charge < -0.3 is 9.47 Å². The molecule has 4 aromatic carbocycles. The molecular formula is C30H24ClN3O3. The number of H-pyrrole nitrogens is 1. The Hall–Kier alpha value is -4.55. The van der Waals surface area contributed by atoms with Gasteiger partial charge in [0.15, 0.2) is 5.75 Å². The highest BCUT2D eigenvalue weighted by Gasteiger charge is 2.20. The SMILES string of the molecule is COc1ccc(-n2[nH]c(-c3ccccc3)c(C(C)=Nc3cc(Cl)ccc3Oc3ccccc3)c2=O)cc1. The number of methoxy groups -OCH3 is 1. The second kappa shape index (κ2) is 10.6. The van der Waals surface area contributed by atoms with Crippen molar-refractivity contribution in [1.82, 2.24) is 9.78 Å². The fraction of sp³-hybridized carbons (Fsp3) is 0.0667. The molecule has 7 heteroatoms. The number of hydrogen-bond acceptors (Lipinski definition) is 4. The molecule has 37 heavy (non-hydrogen) atoms. The monoisotopic (exact) mass is 509 g/mol. The second-order valence-corrected chi connectivity index (χ2v) is 8.73. The molecule has 1 N–H and O–H groups in total. The van der Waals surface area contributed by atoms with Crippen LogP contribution in [0.1, 0.15) is 12.5 Å². The maximum Gasteiger partial charge on any atom is 0.280 e. The van der Waals surface area contributed by atoms with Crippen LogP contribution in [0.25, 0.3) is 16.9 Å². The van der Waals surface area contributed by atoms with Crippen LogP contribution in [0.4, 0.5) is 5.69 Å². The number of aliphatic imine (C=N–C) groups is 1. The third kappa shape index (κ3) is 5.20. The van der Waals surface area contributed by atoms with Crippen LogP contribution in [0, 0.1) is 0 Å². The summed E-state index contributed by atoms with van der Waals surface area (Å²) in [5, 5.41) is 3.79. The van der Waals surface area contributed by atoms with Crippen molar-refractivity contribution in [2.75, 3.05) is 7.11 Å². The molecule has 0 saturated carbocycles. The molecule has 0 fully saturated rings. The first-order valence-corrected chi connectivity index (χ1v) is 12.0. The molecule has 0 aliphatic heterocycles. The zero-order chi connectivity index (χ0) is 25.8. The van der Waals surface area contributed by atoms with Gasteiger partial charge in [-0.3, -0.25) is 9.89 Å². The van der Waals surface area contributed by atoms with E-state index in [1.807, 2.05) is 91.9 Å². The van der Waals surface area contributed by atoms with E-state index in [0.29, 0.717) is 50.6 Å². The van der Waals surface area contributed by atoms with Crippen LogP contribution in [-0.4, -0.2) is 22.6 Å². The molecule has 0 amide bonds. The van der Waals surface area contributed by atoms with Crippen LogP contribution in [0.15, 0.2) is 113 Å². The van der Waals surface area contributed by atoms with Gasteiger partial charge in [-0.25, -0.2) is 9.67 Å². The molecule has 0 atom stereocenters. The quantitative estimate of drug-likeness (QED) is 0.232. The minimum Gasteiger partial charge on any atom is -0.497 e. The lowest BCUT2D eigenvalue weighted by molar-refractivity contribution is 0.414. The highest BCUT2D eigenvalue weighted by atomic mass is 35.5. The number of rotatable bonds is 7. The minimum atomic E-state index is -0.224. The fourth-order valence-corrected chi connectivity index (χ4v) is 4.18. The van der Waals surface area contributed by atoms with Gasteiger partial charge in [0.2, 0.25) is 0 Å². The molecule has 0 aliphatic rings. The summed E-state index contributed by atoms with van der Waals surface area (Å²) >= 11 is 6.31. The number of aromatic amines is 1. The number of hydrogen-bond donors (Lipinski definition) is 1. The van der Waals surface area contributed by atoms with E-state index in [4.69, 9.17) is 26.1 Å². The van der Waals surface area contributed by atoms with E-state index in [2.05, 4.69) is 5.10 Å². The number of halogens is 1. The van der Waals surface area contributed by atoms with Gasteiger partial charge in [-0.05, 0) is 61.5 Å². The summed E-state index contributed by atoms with van der Waals surface area (Å²) in [5.74, 6) is 1.91. The topological polar surface area (TPSA) is 68.6 Å². The average Bonchev–Trinajstić information content (AvgIpc) is 3.28. The zero-order valence-electron chi connectivity index (χ0n) is 20.3. The van der Waals surface area contributed by atoms with Gasteiger partial charge in [-0.1, -0.05) is 60.1 Å². The third-order valence-corrected chi connectivity index (χ3v) is 6.06. The van der Waals surface area contributed by atoms with E-state index in [9.17, 15) is 4.79 Å². The van der Waals surface area contributed by atoms with Crippen molar-refractivity contribution in [3.05, 3.63) is 124 Å². The van der Waals surface area contributed by atoms with Gasteiger partial charge >= 0.3 is 0 Å². The van der Waals surface area contributed by atoms with Gasteiger partial charge in [-0.15, -0.1) is 0 Å². The van der Waals surface area contributed by atoms with Gasteiger partial charge in [0.25, 0.3) is 5.56 Å². The zero-order valence-corrected chi connectivity index (χ0v) is 21.1. The smallest absolute Gasteiger partial charge is 0.280 e. The lowest BCUT2D eigenvalue weighted by Crippen LogP contribution is -2.19. The van der Waals surface area contributed by atoms with Gasteiger partial charge in [0.1, 0.15) is 17.2 Å². The van der Waals surface area contributed by atoms with Crippen LogP contribution in [0.3, 0.4) is 0 Å². The van der Waals surface area contributed by atoms with Gasteiger partial charge in [-0.2, -0.15) is 0 Å². The van der Waals surface area contributed by atoms with Crippen LogP contribution in [-0.2, 0) is 0 Å². The Morgan fingerprint density at radius 3 is 2.22 bits per heavy atom. The summed E-state index contributed by atoms with van der Waals surface area (Å²) in [5.41, 5.74) is 3.47. The Morgan fingerprint density at radius 2 is 1.54 bits per heavy atom. The number of benzene rings is 4. The molecule has 0 spiro atoms. The van der Waals surface area contributed by atoms with Crippen molar-refractivity contribution >= 4 is 23.0 Å². The molecule has 1 heterocycles. The summed E-state index contributed by atoms with van der Waals surface area (Å²) in [7, 11) is 1.60. The van der Waals surface area contributed by atoms with Crippen molar-refractivity contribution in [2.24, 2.45) is 4.99 Å². The highest BCUT2D eigenvalue weighted by Crippen LogP contribution is 2.35. The summed E-state index contributed by atoms with van der Waals surface area (Å²) in [6.45, 7) is 1.81. The molecule has 0 bridgehead atoms. The van der Waals surface area contributed by atoms with E-state index in [1.165, 1.54) is 4.68 Å². The molecule has 184 valence electrons. The number of nitrogens with one attached hydrogen (secondary N) is 1. The predicted octanol–water partition coefficient (Wildman–Crippen LogP) is 7.43. The largest absolute Gasteiger partial charge is 0.497 e. The lowest BCUT2D eigenvalue weighted by Gasteiger charge is -2.10. The number of para-hydroxylation sites is 1. The van der Waals surface area contributed by atoms with Gasteiger partial charge in [0.05, 0.1) is 29.8 Å². The lowest BCUT2D eigenvalue weighted by atomic mass is 10.1. The van der Waals surface area contributed by atoms with Crippen LogP contribution >= 0.6 is 11.6 Å². The summed E-state index contributed by atoms with van der Waals surface area (Å²) in [6, 6.07) is 31.6. The van der Waals surface area contributed by atoms with E-state index in [-0.39, 0.29) is 5.56 Å². The van der Waals surface area contributed by atoms with E-state index in [1.54, 1.807) is 25.3 Å². The van der Waals surface area contributed by atoms with Crippen LogP contribution < -0.4 is 15.0 Å². The number of aromatic nitrogens is 2. The second-order valence-electron chi connectivity index (χ2n) is 8.29. The molecule has 0 radical (unpaired) electrons. The fourth-order valence-electron chi connectivity index (χ4n) is 4.02. The third-order valence-electron chi connectivity index (χ3n) is 5.83. The van der Waals surface area contributed by atoms with Crippen molar-refractivity contribution in [3.8, 4) is 34.2 Å². The first kappa shape index (κ1) is 24.2. The first-order chi connectivity index (χ1) is 18.0. The Kier molecular flexibility index (Phi) is 6.92. The van der Waals surface area contributed by atoms with E-state index < -0.39 is 0 Å². The molecule has 5 rings (SSSR count). The van der Waals surface area contributed by atoms with Crippen molar-refractivity contribution in [1.29, 1.82) is 0 Å². The normalized spacial score (nSPS) is 11.4. The van der Waals surface area contributed by atoms with Crippen molar-refractivity contribution in [2.45, 2.75) is 6.92 Å². The standard InChI is InChI=1S/C30H24ClN3O3/c1-20(32-26-19-22(31)13-18-27(26)37-25-11-7-4-8-12-25)28-29(21-9-5-3-6-10-21)33-34(30(28)35)23-14-16-24(36-2)17-15-23/h3-19,33H,1-2H3. The molecule has 6 nitrogen and oxygen atoms in total. The van der Waals surface area contributed by atoms with Crippen LogP contribution in [0.2, 0.25) is 5.02 Å². The molecule has 0 saturated heterocycles. The molecule has 0 unspecified atom stereocenters. The molecular weight excluding hydrogens is 486 g/mol. The van der Waals surface area contributed by atoms with E-state index in [0.717, 1.165) is 5.56 Å². The molecule has 5 aromatic rings. The predicted molar refractivity (Wildman–Crippen MR) is 148 cm³/mol. The highest BCUT2D eigenvalue weighted by molar-refractivity contribution is 6.31. The Balaban J connectivity index is 1.64. The summed E-state index contributed by atoms with van der Waals surface area (Å²) in [4.78, 5) is 18.6. The maximum atomic E-state index is 13.8. The molecule has 0 aliphatic carbocycles. The average molecular weight is 510 g/mol. The van der Waals surface area contributed by atoms with Gasteiger partial charge in [0, 0.05) is 10.6 Å².